The minimum Gasteiger partial charge on any atom is -1.00 e. The molecule has 0 saturated carbocycles. The summed E-state index contributed by atoms with van der Waals surface area (Å²) in [6.45, 7) is 8.58. The van der Waals surface area contributed by atoms with Crippen LogP contribution in [0.4, 0.5) is 0 Å². The Morgan fingerprint density at radius 3 is 2.74 bits per heavy atom. The monoisotopic (exact) mass is 330 g/mol. The number of nitrogens with zero attached hydrogens (tertiary/aromatic N) is 2. The van der Waals surface area contributed by atoms with Crippen molar-refractivity contribution in [2.75, 3.05) is 0 Å². The standard InChI is InChI=1S/C14H23N2O2.BrH/c1-4-7-8-9-13(18-14(17)5-2)16-11-10-15(6-3)12-16;/h5,10-13H,2,4,6-9H2,1,3H3;1H/q+1;/p-1. The quantitative estimate of drug-likeness (QED) is 0.281. The first-order valence-corrected chi connectivity index (χ1v) is 6.60. The molecule has 1 atom stereocenters. The third-order valence-corrected chi connectivity index (χ3v) is 2.88. The van der Waals surface area contributed by atoms with Gasteiger partial charge in [-0.25, -0.2) is 9.36 Å². The molecule has 0 saturated heterocycles. The number of aryl methyl sites for hydroxylation is 1. The minimum absolute atomic E-state index is 0. The van der Waals surface area contributed by atoms with Crippen molar-refractivity contribution in [2.24, 2.45) is 0 Å². The van der Waals surface area contributed by atoms with Gasteiger partial charge in [0.05, 0.1) is 6.54 Å². The Bertz CT molecular complexity index is 391. The van der Waals surface area contributed by atoms with E-state index in [1.54, 1.807) is 0 Å². The minimum atomic E-state index is -0.367. The van der Waals surface area contributed by atoms with E-state index in [0.29, 0.717) is 0 Å². The van der Waals surface area contributed by atoms with Crippen LogP contribution < -0.4 is 21.5 Å². The van der Waals surface area contributed by atoms with Crippen LogP contribution in [0.1, 0.15) is 45.8 Å². The van der Waals surface area contributed by atoms with Crippen LogP contribution in [0.25, 0.3) is 0 Å². The van der Waals surface area contributed by atoms with Crippen molar-refractivity contribution in [3.63, 3.8) is 0 Å². The van der Waals surface area contributed by atoms with Gasteiger partial charge in [-0.15, -0.1) is 0 Å². The molecule has 108 valence electrons. The zero-order valence-corrected chi connectivity index (χ0v) is 13.3. The summed E-state index contributed by atoms with van der Waals surface area (Å²) in [7, 11) is 0. The van der Waals surface area contributed by atoms with E-state index in [2.05, 4.69) is 25.0 Å². The number of unbranched alkanes of at least 4 members (excludes halogenated alkanes) is 2. The van der Waals surface area contributed by atoms with Gasteiger partial charge < -0.3 is 21.7 Å². The second-order valence-corrected chi connectivity index (χ2v) is 4.28. The average molecular weight is 331 g/mol. The third kappa shape index (κ3) is 6.05. The highest BCUT2D eigenvalue weighted by atomic mass is 79.9. The van der Waals surface area contributed by atoms with Crippen molar-refractivity contribution in [1.29, 1.82) is 0 Å². The summed E-state index contributed by atoms with van der Waals surface area (Å²) in [6.07, 6.45) is 11.1. The van der Waals surface area contributed by atoms with E-state index < -0.39 is 0 Å². The molecule has 1 aromatic rings. The summed E-state index contributed by atoms with van der Waals surface area (Å²) in [4.78, 5) is 11.3. The van der Waals surface area contributed by atoms with E-state index in [1.807, 2.05) is 23.3 Å². The molecule has 0 aromatic carbocycles. The summed E-state index contributed by atoms with van der Waals surface area (Å²) in [5.41, 5.74) is 0. The van der Waals surface area contributed by atoms with E-state index in [1.165, 1.54) is 6.08 Å². The van der Waals surface area contributed by atoms with Crippen molar-refractivity contribution in [2.45, 2.75) is 52.3 Å². The lowest BCUT2D eigenvalue weighted by atomic mass is 10.2. The van der Waals surface area contributed by atoms with Crippen molar-refractivity contribution in [3.8, 4) is 0 Å². The molecule has 0 fully saturated rings. The van der Waals surface area contributed by atoms with E-state index in [0.717, 1.165) is 32.2 Å². The van der Waals surface area contributed by atoms with Crippen LogP contribution in [0.15, 0.2) is 31.4 Å². The van der Waals surface area contributed by atoms with Gasteiger partial charge in [-0.3, -0.25) is 0 Å². The highest BCUT2D eigenvalue weighted by Gasteiger charge is 2.19. The molecule has 0 aliphatic heterocycles. The first kappa shape index (κ1) is 17.9. The number of hydrogen-bond donors (Lipinski definition) is 0. The molecular weight excluding hydrogens is 308 g/mol. The molecule has 0 radical (unpaired) electrons. The fourth-order valence-corrected chi connectivity index (χ4v) is 1.79. The normalized spacial score (nSPS) is 11.5. The van der Waals surface area contributed by atoms with Crippen LogP contribution in [0.3, 0.4) is 0 Å². The number of aromatic nitrogens is 2. The molecule has 0 aliphatic carbocycles. The van der Waals surface area contributed by atoms with Crippen LogP contribution in [-0.2, 0) is 16.1 Å². The van der Waals surface area contributed by atoms with Gasteiger partial charge in [0.1, 0.15) is 12.4 Å². The Labute approximate surface area is 125 Å². The Morgan fingerprint density at radius 1 is 1.47 bits per heavy atom. The van der Waals surface area contributed by atoms with Crippen molar-refractivity contribution < 1.29 is 31.1 Å². The number of hydrogen-bond acceptors (Lipinski definition) is 2. The molecule has 0 amide bonds. The van der Waals surface area contributed by atoms with E-state index >= 15 is 0 Å². The Kier molecular flexibility index (Phi) is 9.21. The van der Waals surface area contributed by atoms with Gasteiger partial charge in [0.25, 0.3) is 0 Å². The number of ether oxygens (including phenoxy) is 1. The van der Waals surface area contributed by atoms with Crippen LogP contribution >= 0.6 is 0 Å². The average Bonchev–Trinajstić information content (AvgIpc) is 2.86. The molecule has 1 rings (SSSR count). The zero-order valence-electron chi connectivity index (χ0n) is 11.7. The summed E-state index contributed by atoms with van der Waals surface area (Å²) in [5, 5.41) is 0. The largest absolute Gasteiger partial charge is 1.00 e. The first-order valence-electron chi connectivity index (χ1n) is 6.60. The summed E-state index contributed by atoms with van der Waals surface area (Å²) in [6, 6.07) is 0. The predicted molar refractivity (Wildman–Crippen MR) is 69.8 cm³/mol. The molecule has 1 aromatic heterocycles. The topological polar surface area (TPSA) is 35.1 Å². The summed E-state index contributed by atoms with van der Waals surface area (Å²) >= 11 is 0. The zero-order chi connectivity index (χ0) is 13.4. The molecule has 0 spiro atoms. The fraction of sp³-hybridized carbons (Fsp3) is 0.571. The number of carbonyl (C=O) groups is 1. The van der Waals surface area contributed by atoms with Crippen LogP contribution in [0.5, 0.6) is 0 Å². The third-order valence-electron chi connectivity index (χ3n) is 2.88. The maximum absolute atomic E-state index is 11.3. The fourth-order valence-electron chi connectivity index (χ4n) is 1.79. The van der Waals surface area contributed by atoms with E-state index in [9.17, 15) is 4.79 Å². The van der Waals surface area contributed by atoms with Gasteiger partial charge in [0, 0.05) is 12.5 Å². The number of halogens is 1. The predicted octanol–water partition coefficient (Wildman–Crippen LogP) is -0.392. The van der Waals surface area contributed by atoms with Crippen molar-refractivity contribution in [3.05, 3.63) is 31.4 Å². The van der Waals surface area contributed by atoms with Crippen LogP contribution in [0.2, 0.25) is 0 Å². The van der Waals surface area contributed by atoms with Crippen molar-refractivity contribution in [1.82, 2.24) is 4.57 Å². The van der Waals surface area contributed by atoms with Crippen LogP contribution in [-0.4, -0.2) is 10.5 Å². The second kappa shape index (κ2) is 9.78. The number of rotatable bonds is 8. The van der Waals surface area contributed by atoms with Gasteiger partial charge in [-0.2, -0.15) is 4.57 Å². The molecule has 0 N–H and O–H groups in total. The molecule has 0 bridgehead atoms. The Balaban J connectivity index is 0.00000324. The second-order valence-electron chi connectivity index (χ2n) is 4.28. The molecule has 5 heteroatoms. The Morgan fingerprint density at radius 2 is 2.21 bits per heavy atom. The molecule has 4 nitrogen and oxygen atoms in total. The smallest absolute Gasteiger partial charge is 0.333 e. The lowest BCUT2D eigenvalue weighted by Crippen LogP contribution is -3.00. The number of imidazole rings is 1. The number of esters is 1. The SMILES string of the molecule is C=CC(=O)OC(CCCCC)n1cc[n+](CC)c1.[Br-]. The highest BCUT2D eigenvalue weighted by molar-refractivity contribution is 5.81. The number of carbonyl (C=O) groups excluding carboxylic acids is 1. The molecule has 1 heterocycles. The van der Waals surface area contributed by atoms with E-state index in [-0.39, 0.29) is 29.2 Å². The van der Waals surface area contributed by atoms with Gasteiger partial charge >= 0.3 is 5.97 Å². The molecular formula is C14H23BrN2O2. The Hall–Kier alpha value is -1.10. The lowest BCUT2D eigenvalue weighted by Gasteiger charge is -2.13. The van der Waals surface area contributed by atoms with E-state index in [4.69, 9.17) is 4.74 Å². The van der Waals surface area contributed by atoms with Gasteiger partial charge in [0.2, 0.25) is 12.6 Å². The maximum atomic E-state index is 11.3. The van der Waals surface area contributed by atoms with Gasteiger partial charge in [-0.05, 0) is 13.3 Å². The summed E-state index contributed by atoms with van der Waals surface area (Å²) < 4.78 is 9.38. The first-order chi connectivity index (χ1) is 8.71. The maximum Gasteiger partial charge on any atom is 0.333 e. The molecule has 1 unspecified atom stereocenters. The van der Waals surface area contributed by atoms with Crippen molar-refractivity contribution >= 4 is 5.97 Å². The van der Waals surface area contributed by atoms with Crippen LogP contribution in [0, 0.1) is 0 Å². The summed E-state index contributed by atoms with van der Waals surface area (Å²) in [5.74, 6) is -0.367. The van der Waals surface area contributed by atoms with Gasteiger partial charge in [-0.1, -0.05) is 26.3 Å². The highest BCUT2D eigenvalue weighted by Crippen LogP contribution is 2.17. The molecule has 0 aliphatic rings. The van der Waals surface area contributed by atoms with Gasteiger partial charge in [0.15, 0.2) is 0 Å². The lowest BCUT2D eigenvalue weighted by molar-refractivity contribution is -0.693. The molecule has 19 heavy (non-hydrogen) atoms.